The summed E-state index contributed by atoms with van der Waals surface area (Å²) in [5.74, 6) is 0. The van der Waals surface area contributed by atoms with E-state index in [0.717, 1.165) is 5.56 Å². The molecule has 0 saturated carbocycles. The lowest BCUT2D eigenvalue weighted by atomic mass is 10.2. The van der Waals surface area contributed by atoms with Gasteiger partial charge in [0.25, 0.3) is 0 Å². The third-order valence-electron chi connectivity index (χ3n) is 2.98. The maximum atomic E-state index is 12.2. The molecule has 7 nitrogen and oxygen atoms in total. The molecule has 0 saturated heterocycles. The van der Waals surface area contributed by atoms with E-state index in [1.807, 2.05) is 36.4 Å². The molecule has 0 spiro atoms. The molecule has 1 N–H and O–H groups in total. The SMILES string of the molecule is C[C@H](CN(CC#N)C(=O)OCc1ccccc1)NC(=O)OC(C)(C)C. The Kier molecular flexibility index (Phi) is 7.73. The van der Waals surface area contributed by atoms with Crippen LogP contribution in [0.25, 0.3) is 0 Å². The van der Waals surface area contributed by atoms with Gasteiger partial charge in [0.15, 0.2) is 0 Å². The number of nitrogens with one attached hydrogen (secondary N) is 1. The zero-order valence-corrected chi connectivity index (χ0v) is 15.1. The predicted molar refractivity (Wildman–Crippen MR) is 92.6 cm³/mol. The average Bonchev–Trinajstić information content (AvgIpc) is 2.51. The molecule has 0 bridgehead atoms. The zero-order chi connectivity index (χ0) is 18.9. The van der Waals surface area contributed by atoms with Crippen molar-refractivity contribution in [2.24, 2.45) is 0 Å². The molecule has 0 aliphatic carbocycles. The number of rotatable bonds is 6. The number of alkyl carbamates (subject to hydrolysis) is 1. The van der Waals surface area contributed by atoms with Crippen LogP contribution in [-0.4, -0.2) is 41.8 Å². The van der Waals surface area contributed by atoms with E-state index < -0.39 is 23.8 Å². The molecule has 25 heavy (non-hydrogen) atoms. The van der Waals surface area contributed by atoms with Crippen LogP contribution in [0.15, 0.2) is 30.3 Å². The standard InChI is InChI=1S/C18H25N3O4/c1-14(20-16(22)25-18(2,3)4)12-21(11-10-19)17(23)24-13-15-8-6-5-7-9-15/h5-9,14H,11-13H2,1-4H3,(H,20,22)/t14-/m1/s1. The maximum absolute atomic E-state index is 12.2. The first kappa shape index (κ1) is 20.3. The Balaban J connectivity index is 2.53. The number of ether oxygens (including phenoxy) is 2. The first-order valence-electron chi connectivity index (χ1n) is 8.03. The van der Waals surface area contributed by atoms with Gasteiger partial charge in [0, 0.05) is 12.6 Å². The smallest absolute Gasteiger partial charge is 0.411 e. The molecule has 0 unspecified atom stereocenters. The van der Waals surface area contributed by atoms with Crippen LogP contribution < -0.4 is 5.32 Å². The van der Waals surface area contributed by atoms with Gasteiger partial charge in [-0.2, -0.15) is 5.26 Å². The highest BCUT2D eigenvalue weighted by atomic mass is 16.6. The molecule has 136 valence electrons. The fourth-order valence-electron chi connectivity index (χ4n) is 1.98. The van der Waals surface area contributed by atoms with Crippen molar-refractivity contribution in [1.82, 2.24) is 10.2 Å². The van der Waals surface area contributed by atoms with E-state index in [1.165, 1.54) is 4.90 Å². The predicted octanol–water partition coefficient (Wildman–Crippen LogP) is 3.06. The van der Waals surface area contributed by atoms with Crippen LogP contribution in [0.5, 0.6) is 0 Å². The van der Waals surface area contributed by atoms with Gasteiger partial charge in [0.05, 0.1) is 6.07 Å². The molecule has 1 aromatic rings. The summed E-state index contributed by atoms with van der Waals surface area (Å²) in [6, 6.07) is 10.8. The van der Waals surface area contributed by atoms with Gasteiger partial charge in [-0.05, 0) is 33.3 Å². The Hall–Kier alpha value is -2.75. The van der Waals surface area contributed by atoms with Gasteiger partial charge in [-0.1, -0.05) is 30.3 Å². The minimum absolute atomic E-state index is 0.121. The third-order valence-corrected chi connectivity index (χ3v) is 2.98. The van der Waals surface area contributed by atoms with E-state index in [2.05, 4.69) is 5.32 Å². The van der Waals surface area contributed by atoms with Crippen molar-refractivity contribution in [3.8, 4) is 6.07 Å². The lowest BCUT2D eigenvalue weighted by molar-refractivity contribution is 0.0489. The Morgan fingerprint density at radius 3 is 2.48 bits per heavy atom. The molecular weight excluding hydrogens is 322 g/mol. The van der Waals surface area contributed by atoms with Crippen molar-refractivity contribution in [3.05, 3.63) is 35.9 Å². The molecule has 1 atom stereocenters. The van der Waals surface area contributed by atoms with E-state index in [0.29, 0.717) is 0 Å². The molecule has 1 rings (SSSR count). The first-order chi connectivity index (χ1) is 11.7. The monoisotopic (exact) mass is 347 g/mol. The van der Waals surface area contributed by atoms with Gasteiger partial charge < -0.3 is 14.8 Å². The first-order valence-corrected chi connectivity index (χ1v) is 8.03. The van der Waals surface area contributed by atoms with E-state index in [9.17, 15) is 9.59 Å². The summed E-state index contributed by atoms with van der Waals surface area (Å²) in [5, 5.41) is 11.5. The maximum Gasteiger partial charge on any atom is 0.411 e. The van der Waals surface area contributed by atoms with Gasteiger partial charge >= 0.3 is 12.2 Å². The number of hydrogen-bond donors (Lipinski definition) is 1. The molecule has 0 aromatic heterocycles. The summed E-state index contributed by atoms with van der Waals surface area (Å²) in [6.45, 7) is 7.14. The highest BCUT2D eigenvalue weighted by Crippen LogP contribution is 2.07. The fourth-order valence-corrected chi connectivity index (χ4v) is 1.98. The summed E-state index contributed by atoms with van der Waals surface area (Å²) >= 11 is 0. The second-order valence-electron chi connectivity index (χ2n) is 6.63. The minimum Gasteiger partial charge on any atom is -0.445 e. The van der Waals surface area contributed by atoms with Crippen LogP contribution in [0, 0.1) is 11.3 Å². The van der Waals surface area contributed by atoms with Crippen molar-refractivity contribution in [3.63, 3.8) is 0 Å². The Labute approximate surface area is 148 Å². The minimum atomic E-state index is -0.608. The average molecular weight is 347 g/mol. The van der Waals surface area contributed by atoms with Crippen LogP contribution >= 0.6 is 0 Å². The number of hydrogen-bond acceptors (Lipinski definition) is 5. The van der Waals surface area contributed by atoms with Gasteiger partial charge in [-0.25, -0.2) is 9.59 Å². The molecule has 0 radical (unpaired) electrons. The summed E-state index contributed by atoms with van der Waals surface area (Å²) in [4.78, 5) is 25.2. The Bertz CT molecular complexity index is 605. The van der Waals surface area contributed by atoms with Crippen molar-refractivity contribution in [1.29, 1.82) is 5.26 Å². The zero-order valence-electron chi connectivity index (χ0n) is 15.1. The number of benzene rings is 1. The normalized spacial score (nSPS) is 11.8. The van der Waals surface area contributed by atoms with E-state index in [1.54, 1.807) is 27.7 Å². The van der Waals surface area contributed by atoms with Gasteiger partial charge in [-0.3, -0.25) is 4.90 Å². The molecule has 2 amide bonds. The number of carbonyl (C=O) groups excluding carboxylic acids is 2. The Morgan fingerprint density at radius 1 is 1.28 bits per heavy atom. The summed E-state index contributed by atoms with van der Waals surface area (Å²) in [6.07, 6.45) is -1.18. The van der Waals surface area contributed by atoms with Gasteiger partial charge in [-0.15, -0.1) is 0 Å². The van der Waals surface area contributed by atoms with Crippen LogP contribution in [0.2, 0.25) is 0 Å². The second kappa shape index (κ2) is 9.52. The van der Waals surface area contributed by atoms with E-state index in [-0.39, 0.29) is 19.7 Å². The second-order valence-corrected chi connectivity index (χ2v) is 6.63. The highest BCUT2D eigenvalue weighted by molar-refractivity contribution is 5.69. The van der Waals surface area contributed by atoms with Crippen molar-refractivity contribution >= 4 is 12.2 Å². The summed E-state index contributed by atoms with van der Waals surface area (Å²) in [7, 11) is 0. The topological polar surface area (TPSA) is 91.7 Å². The summed E-state index contributed by atoms with van der Waals surface area (Å²) < 4.78 is 10.4. The number of nitriles is 1. The molecule has 7 heteroatoms. The van der Waals surface area contributed by atoms with Gasteiger partial charge in [0.2, 0.25) is 0 Å². The number of nitrogens with zero attached hydrogens (tertiary/aromatic N) is 2. The lowest BCUT2D eigenvalue weighted by Gasteiger charge is -2.25. The van der Waals surface area contributed by atoms with Crippen LogP contribution in [0.1, 0.15) is 33.3 Å². The van der Waals surface area contributed by atoms with Crippen molar-refractivity contribution in [2.45, 2.75) is 45.9 Å². The Morgan fingerprint density at radius 2 is 1.92 bits per heavy atom. The lowest BCUT2D eigenvalue weighted by Crippen LogP contribution is -2.46. The van der Waals surface area contributed by atoms with Gasteiger partial charge in [0.1, 0.15) is 18.8 Å². The largest absolute Gasteiger partial charge is 0.445 e. The molecular formula is C18H25N3O4. The van der Waals surface area contributed by atoms with E-state index >= 15 is 0 Å². The molecule has 1 aromatic carbocycles. The van der Waals surface area contributed by atoms with Crippen LogP contribution in [-0.2, 0) is 16.1 Å². The van der Waals surface area contributed by atoms with Crippen LogP contribution in [0.3, 0.4) is 0 Å². The fraction of sp³-hybridized carbons (Fsp3) is 0.500. The quantitative estimate of drug-likeness (QED) is 0.799. The van der Waals surface area contributed by atoms with E-state index in [4.69, 9.17) is 14.7 Å². The third kappa shape index (κ3) is 8.61. The number of carbonyl (C=O) groups is 2. The van der Waals surface area contributed by atoms with Crippen molar-refractivity contribution < 1.29 is 19.1 Å². The molecule has 0 heterocycles. The summed E-state index contributed by atoms with van der Waals surface area (Å²) in [5.41, 5.74) is 0.248. The molecule has 0 aliphatic rings. The molecule has 0 fully saturated rings. The van der Waals surface area contributed by atoms with Crippen LogP contribution in [0.4, 0.5) is 9.59 Å². The molecule has 0 aliphatic heterocycles. The highest BCUT2D eigenvalue weighted by Gasteiger charge is 2.21. The number of amides is 2. The van der Waals surface area contributed by atoms with Crippen molar-refractivity contribution in [2.75, 3.05) is 13.1 Å².